The summed E-state index contributed by atoms with van der Waals surface area (Å²) in [6.07, 6.45) is 0. The van der Waals surface area contributed by atoms with E-state index in [9.17, 15) is 4.79 Å². The number of rotatable bonds is 6. The third-order valence-corrected chi connectivity index (χ3v) is 6.39. The van der Waals surface area contributed by atoms with Crippen LogP contribution in [0.5, 0.6) is 0 Å². The van der Waals surface area contributed by atoms with Gasteiger partial charge >= 0.3 is 0 Å². The Morgan fingerprint density at radius 2 is 2.17 bits per heavy atom. The molecule has 6 heteroatoms. The highest BCUT2D eigenvalue weighted by Crippen LogP contribution is 2.26. The maximum Gasteiger partial charge on any atom is 0.236 e. The van der Waals surface area contributed by atoms with Gasteiger partial charge in [0, 0.05) is 36.9 Å². The standard InChI is InChI=1S/C17H23N3OS2/c1-19(2)6-7-20(17(21)16-13-22-8-9-23-16)12-15-5-3-4-14(10-15)11-18/h3-5,10,16H,6-9,12-13H2,1-2H3. The summed E-state index contributed by atoms with van der Waals surface area (Å²) in [6, 6.07) is 9.70. The number of amides is 1. The lowest BCUT2D eigenvalue weighted by Gasteiger charge is -2.30. The number of likely N-dealkylation sites (N-methyl/N-ethyl adjacent to an activating group) is 1. The molecule has 1 aliphatic rings. The van der Waals surface area contributed by atoms with E-state index >= 15 is 0 Å². The Kier molecular flexibility index (Phi) is 7.28. The molecule has 23 heavy (non-hydrogen) atoms. The summed E-state index contributed by atoms with van der Waals surface area (Å²) in [6.45, 7) is 2.13. The van der Waals surface area contributed by atoms with Gasteiger partial charge in [0.2, 0.25) is 5.91 Å². The van der Waals surface area contributed by atoms with Gasteiger partial charge in [-0.1, -0.05) is 12.1 Å². The molecule has 0 spiro atoms. The summed E-state index contributed by atoms with van der Waals surface area (Å²) in [5.41, 5.74) is 1.66. The number of carbonyl (C=O) groups is 1. The second-order valence-electron chi connectivity index (χ2n) is 5.81. The van der Waals surface area contributed by atoms with Crippen molar-refractivity contribution in [1.82, 2.24) is 9.80 Å². The monoisotopic (exact) mass is 349 g/mol. The molecule has 0 radical (unpaired) electrons. The predicted molar refractivity (Wildman–Crippen MR) is 98.7 cm³/mol. The number of nitriles is 1. The molecule has 124 valence electrons. The lowest BCUT2D eigenvalue weighted by atomic mass is 10.1. The zero-order chi connectivity index (χ0) is 16.7. The van der Waals surface area contributed by atoms with Gasteiger partial charge in [0.05, 0.1) is 16.9 Å². The normalized spacial score (nSPS) is 17.7. The molecule has 1 saturated heterocycles. The molecule has 1 heterocycles. The molecule has 1 aliphatic heterocycles. The average molecular weight is 350 g/mol. The van der Waals surface area contributed by atoms with Crippen molar-refractivity contribution in [2.75, 3.05) is 44.4 Å². The minimum atomic E-state index is 0.0649. The Morgan fingerprint density at radius 1 is 1.35 bits per heavy atom. The highest BCUT2D eigenvalue weighted by molar-refractivity contribution is 8.07. The third-order valence-electron chi connectivity index (χ3n) is 3.65. The first kappa shape index (κ1) is 18.2. The first-order valence-corrected chi connectivity index (χ1v) is 9.92. The van der Waals surface area contributed by atoms with Crippen molar-refractivity contribution in [2.45, 2.75) is 11.8 Å². The minimum absolute atomic E-state index is 0.0649. The van der Waals surface area contributed by atoms with Gasteiger partial charge in [-0.25, -0.2) is 0 Å². The van der Waals surface area contributed by atoms with Crippen LogP contribution in [-0.2, 0) is 11.3 Å². The summed E-state index contributed by atoms with van der Waals surface area (Å²) >= 11 is 3.64. The van der Waals surface area contributed by atoms with Crippen molar-refractivity contribution in [2.24, 2.45) is 0 Å². The van der Waals surface area contributed by atoms with Crippen LogP contribution in [0.15, 0.2) is 24.3 Å². The number of benzene rings is 1. The summed E-state index contributed by atoms with van der Waals surface area (Å²) < 4.78 is 0. The van der Waals surface area contributed by atoms with E-state index in [-0.39, 0.29) is 11.2 Å². The molecule has 4 nitrogen and oxygen atoms in total. The fraction of sp³-hybridized carbons (Fsp3) is 0.529. The molecule has 1 amide bonds. The van der Waals surface area contributed by atoms with Crippen molar-refractivity contribution >= 4 is 29.4 Å². The Balaban J connectivity index is 2.09. The molecular formula is C17H23N3OS2. The lowest BCUT2D eigenvalue weighted by molar-refractivity contribution is -0.131. The van der Waals surface area contributed by atoms with Crippen molar-refractivity contribution in [1.29, 1.82) is 5.26 Å². The third kappa shape index (κ3) is 5.76. The number of thioether (sulfide) groups is 2. The van der Waals surface area contributed by atoms with Crippen LogP contribution in [0.25, 0.3) is 0 Å². The molecule has 1 aromatic rings. The van der Waals surface area contributed by atoms with Crippen LogP contribution in [0.4, 0.5) is 0 Å². The maximum absolute atomic E-state index is 12.9. The highest BCUT2D eigenvalue weighted by Gasteiger charge is 2.27. The first-order chi connectivity index (χ1) is 11.1. The minimum Gasteiger partial charge on any atom is -0.336 e. The van der Waals surface area contributed by atoms with E-state index in [0.717, 1.165) is 29.4 Å². The molecule has 0 aromatic heterocycles. The molecule has 0 N–H and O–H groups in total. The van der Waals surface area contributed by atoms with Gasteiger partial charge in [0.15, 0.2) is 0 Å². The van der Waals surface area contributed by atoms with E-state index in [2.05, 4.69) is 11.0 Å². The Labute approximate surface area is 147 Å². The second kappa shape index (κ2) is 9.21. The van der Waals surface area contributed by atoms with Gasteiger partial charge in [0.1, 0.15) is 0 Å². The molecule has 1 fully saturated rings. The van der Waals surface area contributed by atoms with Gasteiger partial charge in [-0.3, -0.25) is 4.79 Å². The van der Waals surface area contributed by atoms with Crippen LogP contribution in [-0.4, -0.2) is 65.4 Å². The Morgan fingerprint density at radius 3 is 2.83 bits per heavy atom. The van der Waals surface area contributed by atoms with E-state index in [0.29, 0.717) is 18.7 Å². The Hall–Kier alpha value is -1.16. The quantitative estimate of drug-likeness (QED) is 0.789. The SMILES string of the molecule is CN(C)CCN(Cc1cccc(C#N)c1)C(=O)C1CSCCS1. The number of hydrogen-bond acceptors (Lipinski definition) is 5. The van der Waals surface area contributed by atoms with Crippen molar-refractivity contribution in [3.8, 4) is 6.07 Å². The van der Waals surface area contributed by atoms with Gasteiger partial charge in [-0.05, 0) is 31.8 Å². The zero-order valence-corrected chi connectivity index (χ0v) is 15.3. The molecule has 0 aliphatic carbocycles. The van der Waals surface area contributed by atoms with Crippen molar-refractivity contribution < 1.29 is 4.79 Å². The largest absolute Gasteiger partial charge is 0.336 e. The van der Waals surface area contributed by atoms with Crippen LogP contribution in [0.3, 0.4) is 0 Å². The smallest absolute Gasteiger partial charge is 0.236 e. The molecule has 0 bridgehead atoms. The maximum atomic E-state index is 12.9. The van der Waals surface area contributed by atoms with Gasteiger partial charge in [-0.2, -0.15) is 17.0 Å². The fourth-order valence-corrected chi connectivity index (χ4v) is 5.01. The topological polar surface area (TPSA) is 47.3 Å². The number of carbonyl (C=O) groups excluding carboxylic acids is 1. The first-order valence-electron chi connectivity index (χ1n) is 7.72. The van der Waals surface area contributed by atoms with Crippen LogP contribution in [0.2, 0.25) is 0 Å². The van der Waals surface area contributed by atoms with Crippen LogP contribution in [0.1, 0.15) is 11.1 Å². The molecule has 0 saturated carbocycles. The Bertz CT molecular complexity index is 565. The number of nitrogens with zero attached hydrogens (tertiary/aromatic N) is 3. The van der Waals surface area contributed by atoms with Gasteiger partial charge < -0.3 is 9.80 Å². The summed E-state index contributed by atoms with van der Waals surface area (Å²) in [5.74, 6) is 3.31. The van der Waals surface area contributed by atoms with E-state index in [1.165, 1.54) is 0 Å². The number of hydrogen-bond donors (Lipinski definition) is 0. The van der Waals surface area contributed by atoms with E-state index in [4.69, 9.17) is 5.26 Å². The van der Waals surface area contributed by atoms with Crippen LogP contribution >= 0.6 is 23.5 Å². The van der Waals surface area contributed by atoms with Crippen LogP contribution < -0.4 is 0 Å². The van der Waals surface area contributed by atoms with Gasteiger partial charge in [0.25, 0.3) is 0 Å². The predicted octanol–water partition coefficient (Wildman–Crippen LogP) is 2.30. The molecule has 1 aromatic carbocycles. The molecule has 1 unspecified atom stereocenters. The van der Waals surface area contributed by atoms with Crippen molar-refractivity contribution in [3.63, 3.8) is 0 Å². The summed E-state index contributed by atoms with van der Waals surface area (Å²) in [4.78, 5) is 16.9. The average Bonchev–Trinajstić information content (AvgIpc) is 2.58. The zero-order valence-electron chi connectivity index (χ0n) is 13.7. The van der Waals surface area contributed by atoms with E-state index < -0.39 is 0 Å². The second-order valence-corrected chi connectivity index (χ2v) is 8.27. The summed E-state index contributed by atoms with van der Waals surface area (Å²) in [5, 5.41) is 9.11. The summed E-state index contributed by atoms with van der Waals surface area (Å²) in [7, 11) is 4.04. The van der Waals surface area contributed by atoms with Crippen LogP contribution in [0, 0.1) is 11.3 Å². The lowest BCUT2D eigenvalue weighted by Crippen LogP contribution is -2.42. The van der Waals surface area contributed by atoms with Gasteiger partial charge in [-0.15, -0.1) is 11.8 Å². The molecular weight excluding hydrogens is 326 g/mol. The molecule has 2 rings (SSSR count). The fourth-order valence-electron chi connectivity index (χ4n) is 2.38. The highest BCUT2D eigenvalue weighted by atomic mass is 32.2. The van der Waals surface area contributed by atoms with E-state index in [1.54, 1.807) is 17.8 Å². The molecule has 1 atom stereocenters. The van der Waals surface area contributed by atoms with Crippen molar-refractivity contribution in [3.05, 3.63) is 35.4 Å². The van der Waals surface area contributed by atoms with E-state index in [1.807, 2.05) is 49.0 Å².